The van der Waals surface area contributed by atoms with E-state index in [1.165, 1.54) is 4.88 Å². The van der Waals surface area contributed by atoms with Crippen LogP contribution in [0.5, 0.6) is 0 Å². The second-order valence-corrected chi connectivity index (χ2v) is 7.51. The molecule has 1 fully saturated rings. The van der Waals surface area contributed by atoms with Gasteiger partial charge in [-0.05, 0) is 24.3 Å². The van der Waals surface area contributed by atoms with E-state index in [1.54, 1.807) is 36.1 Å². The third-order valence-electron chi connectivity index (χ3n) is 5.03. The number of amides is 1. The fourth-order valence-corrected chi connectivity index (χ4v) is 4.69. The summed E-state index contributed by atoms with van der Waals surface area (Å²) in [6.45, 7) is 1.22. The number of thiophene rings is 1. The Morgan fingerprint density at radius 1 is 1.23 bits per heavy atom. The maximum absolute atomic E-state index is 13.0. The van der Waals surface area contributed by atoms with Crippen LogP contribution in [0.25, 0.3) is 11.5 Å². The highest BCUT2D eigenvalue weighted by atomic mass is 32.1. The molecule has 7 heteroatoms. The molecule has 0 unspecified atom stereocenters. The third kappa shape index (κ3) is 3.14. The Labute approximate surface area is 156 Å². The number of nitrogens with one attached hydrogen (secondary N) is 1. The Kier molecular flexibility index (Phi) is 4.79. The average Bonchev–Trinajstić information content (AvgIpc) is 3.43. The van der Waals surface area contributed by atoms with Gasteiger partial charge in [-0.3, -0.25) is 9.78 Å². The fraction of sp³-hybridized carbons (Fsp3) is 0.368. The van der Waals surface area contributed by atoms with Crippen molar-refractivity contribution in [1.82, 2.24) is 24.8 Å². The largest absolute Gasteiger partial charge is 0.354 e. The topological polar surface area (TPSA) is 72.7 Å². The first-order chi connectivity index (χ1) is 12.8. The van der Waals surface area contributed by atoms with Crippen LogP contribution >= 0.6 is 11.3 Å². The van der Waals surface area contributed by atoms with Gasteiger partial charge in [0.05, 0.1) is 11.6 Å². The van der Waals surface area contributed by atoms with E-state index in [1.807, 2.05) is 16.8 Å². The van der Waals surface area contributed by atoms with Gasteiger partial charge in [0.15, 0.2) is 5.82 Å². The second-order valence-electron chi connectivity index (χ2n) is 6.56. The van der Waals surface area contributed by atoms with E-state index in [0.29, 0.717) is 13.1 Å². The number of carbonyl (C=O) groups excluding carboxylic acids is 1. The van der Waals surface area contributed by atoms with Crippen molar-refractivity contribution in [1.29, 1.82) is 0 Å². The first-order valence-electron chi connectivity index (χ1n) is 8.89. The first-order valence-corrected chi connectivity index (χ1v) is 9.77. The SMILES string of the molecule is O=C(NCCn1ccnc1-c1cnccn1)C1(c2cccs2)CCCC1. The summed E-state index contributed by atoms with van der Waals surface area (Å²) in [6.07, 6.45) is 12.7. The molecule has 1 aliphatic rings. The summed E-state index contributed by atoms with van der Waals surface area (Å²) in [5.41, 5.74) is 0.395. The molecule has 1 amide bonds. The molecule has 0 aromatic carbocycles. The highest BCUT2D eigenvalue weighted by Crippen LogP contribution is 2.43. The number of hydrogen-bond acceptors (Lipinski definition) is 5. The van der Waals surface area contributed by atoms with Crippen LogP contribution in [-0.4, -0.2) is 32.0 Å². The van der Waals surface area contributed by atoms with Crippen LogP contribution in [0.3, 0.4) is 0 Å². The highest BCUT2D eigenvalue weighted by molar-refractivity contribution is 7.10. The van der Waals surface area contributed by atoms with Crippen LogP contribution in [0.15, 0.2) is 48.5 Å². The van der Waals surface area contributed by atoms with E-state index >= 15 is 0 Å². The van der Waals surface area contributed by atoms with Crippen molar-refractivity contribution >= 4 is 17.2 Å². The number of rotatable bonds is 6. The molecule has 134 valence electrons. The lowest BCUT2D eigenvalue weighted by atomic mass is 9.83. The summed E-state index contributed by atoms with van der Waals surface area (Å²) in [5, 5.41) is 5.21. The van der Waals surface area contributed by atoms with Crippen LogP contribution in [0, 0.1) is 0 Å². The van der Waals surface area contributed by atoms with Gasteiger partial charge in [0, 0.05) is 42.8 Å². The van der Waals surface area contributed by atoms with Crippen molar-refractivity contribution in [2.75, 3.05) is 6.54 Å². The van der Waals surface area contributed by atoms with Crippen molar-refractivity contribution in [3.05, 3.63) is 53.4 Å². The molecular formula is C19H21N5OS. The van der Waals surface area contributed by atoms with Gasteiger partial charge in [-0.25, -0.2) is 9.97 Å². The zero-order valence-corrected chi connectivity index (χ0v) is 15.3. The molecule has 4 rings (SSSR count). The predicted molar refractivity (Wildman–Crippen MR) is 101 cm³/mol. The molecule has 6 nitrogen and oxygen atoms in total. The average molecular weight is 367 g/mol. The Morgan fingerprint density at radius 3 is 2.85 bits per heavy atom. The maximum Gasteiger partial charge on any atom is 0.231 e. The molecule has 1 N–H and O–H groups in total. The molecule has 1 aliphatic carbocycles. The molecule has 3 aromatic heterocycles. The standard InChI is InChI=1S/C19H21N5OS/c25-18(19(5-1-2-6-19)16-4-3-13-26-16)23-10-12-24-11-9-22-17(24)15-14-20-7-8-21-15/h3-4,7-9,11,13-14H,1-2,5-6,10,12H2,(H,23,25). The lowest BCUT2D eigenvalue weighted by Gasteiger charge is -2.26. The summed E-state index contributed by atoms with van der Waals surface area (Å²) in [6, 6.07) is 4.13. The van der Waals surface area contributed by atoms with Crippen molar-refractivity contribution in [2.24, 2.45) is 0 Å². The molecule has 0 aliphatic heterocycles. The molecule has 0 radical (unpaired) electrons. The lowest BCUT2D eigenvalue weighted by Crippen LogP contribution is -2.43. The van der Waals surface area contributed by atoms with Gasteiger partial charge in [-0.1, -0.05) is 18.9 Å². The van der Waals surface area contributed by atoms with E-state index in [0.717, 1.165) is 37.2 Å². The third-order valence-corrected chi connectivity index (χ3v) is 6.10. The minimum atomic E-state index is -0.336. The smallest absolute Gasteiger partial charge is 0.231 e. The number of hydrogen-bond donors (Lipinski definition) is 1. The number of nitrogens with zero attached hydrogens (tertiary/aromatic N) is 4. The van der Waals surface area contributed by atoms with Crippen LogP contribution < -0.4 is 5.32 Å². The second kappa shape index (κ2) is 7.37. The first kappa shape index (κ1) is 16.9. The van der Waals surface area contributed by atoms with E-state index in [9.17, 15) is 4.79 Å². The van der Waals surface area contributed by atoms with Gasteiger partial charge in [0.1, 0.15) is 5.69 Å². The van der Waals surface area contributed by atoms with E-state index in [4.69, 9.17) is 0 Å². The van der Waals surface area contributed by atoms with Crippen molar-refractivity contribution in [2.45, 2.75) is 37.6 Å². The summed E-state index contributed by atoms with van der Waals surface area (Å²) in [5.74, 6) is 0.916. The molecule has 0 saturated heterocycles. The minimum absolute atomic E-state index is 0.151. The molecule has 1 saturated carbocycles. The van der Waals surface area contributed by atoms with Gasteiger partial charge in [-0.2, -0.15) is 0 Å². The van der Waals surface area contributed by atoms with Crippen molar-refractivity contribution in [3.8, 4) is 11.5 Å². The van der Waals surface area contributed by atoms with E-state index in [-0.39, 0.29) is 11.3 Å². The summed E-state index contributed by atoms with van der Waals surface area (Å²) in [4.78, 5) is 26.9. The van der Waals surface area contributed by atoms with Gasteiger partial charge >= 0.3 is 0 Å². The predicted octanol–water partition coefficient (Wildman–Crippen LogP) is 3.03. The summed E-state index contributed by atoms with van der Waals surface area (Å²) in [7, 11) is 0. The van der Waals surface area contributed by atoms with Crippen LogP contribution in [0.1, 0.15) is 30.6 Å². The Hall–Kier alpha value is -2.54. The summed E-state index contributed by atoms with van der Waals surface area (Å²) < 4.78 is 2.00. The van der Waals surface area contributed by atoms with Crippen LogP contribution in [-0.2, 0) is 16.8 Å². The van der Waals surface area contributed by atoms with Crippen molar-refractivity contribution < 1.29 is 4.79 Å². The van der Waals surface area contributed by atoms with Crippen LogP contribution in [0.4, 0.5) is 0 Å². The zero-order chi connectivity index (χ0) is 17.8. The zero-order valence-electron chi connectivity index (χ0n) is 14.5. The number of aromatic nitrogens is 4. The van der Waals surface area contributed by atoms with Crippen LogP contribution in [0.2, 0.25) is 0 Å². The molecule has 0 bridgehead atoms. The molecule has 3 aromatic rings. The van der Waals surface area contributed by atoms with E-state index in [2.05, 4.69) is 31.7 Å². The fourth-order valence-electron chi connectivity index (χ4n) is 3.71. The minimum Gasteiger partial charge on any atom is -0.354 e. The van der Waals surface area contributed by atoms with Gasteiger partial charge in [-0.15, -0.1) is 11.3 Å². The van der Waals surface area contributed by atoms with Gasteiger partial charge in [0.2, 0.25) is 5.91 Å². The Bertz CT molecular complexity index is 853. The maximum atomic E-state index is 13.0. The Balaban J connectivity index is 1.43. The summed E-state index contributed by atoms with van der Waals surface area (Å²) >= 11 is 1.69. The van der Waals surface area contributed by atoms with Gasteiger partial charge < -0.3 is 9.88 Å². The number of imidazole rings is 1. The highest BCUT2D eigenvalue weighted by Gasteiger charge is 2.43. The molecule has 0 atom stereocenters. The van der Waals surface area contributed by atoms with Crippen molar-refractivity contribution in [3.63, 3.8) is 0 Å². The Morgan fingerprint density at radius 2 is 2.12 bits per heavy atom. The quantitative estimate of drug-likeness (QED) is 0.727. The molecule has 26 heavy (non-hydrogen) atoms. The number of carbonyl (C=O) groups is 1. The molecule has 0 spiro atoms. The van der Waals surface area contributed by atoms with Gasteiger partial charge in [0.25, 0.3) is 0 Å². The monoisotopic (exact) mass is 367 g/mol. The molecular weight excluding hydrogens is 346 g/mol. The molecule has 3 heterocycles. The lowest BCUT2D eigenvalue weighted by molar-refractivity contribution is -0.126. The van der Waals surface area contributed by atoms with E-state index < -0.39 is 0 Å². The normalized spacial score (nSPS) is 15.8.